The topological polar surface area (TPSA) is 3.24 Å². The van der Waals surface area contributed by atoms with E-state index in [1.54, 1.807) is 6.07 Å². The molecule has 1 aromatic carbocycles. The van der Waals surface area contributed by atoms with E-state index >= 15 is 0 Å². The number of halogens is 3. The smallest absolute Gasteiger partial charge is 0.142 e. The number of hydrogen-bond donors (Lipinski definition) is 0. The van der Waals surface area contributed by atoms with E-state index in [1.165, 1.54) is 6.07 Å². The standard InChI is InChI=1S/C14H18Cl2FN/c1-10(15)12-4-6-18(7-5-12)9-11-2-3-13(16)14(17)8-11/h2-3,8,10,12H,4-7,9H2,1H3. The number of alkyl halides is 1. The summed E-state index contributed by atoms with van der Waals surface area (Å²) in [5, 5.41) is 0.438. The van der Waals surface area contributed by atoms with Crippen LogP contribution >= 0.6 is 23.2 Å². The Morgan fingerprint density at radius 3 is 2.61 bits per heavy atom. The van der Waals surface area contributed by atoms with Crippen LogP contribution in [0.15, 0.2) is 18.2 Å². The first kappa shape index (κ1) is 14.1. The van der Waals surface area contributed by atoms with Gasteiger partial charge in [0.25, 0.3) is 0 Å². The first-order valence-electron chi connectivity index (χ1n) is 6.36. The molecule has 1 aliphatic rings. The molecule has 0 bridgehead atoms. The molecule has 0 amide bonds. The third-order valence-corrected chi connectivity index (χ3v) is 4.33. The lowest BCUT2D eigenvalue weighted by Crippen LogP contribution is -2.35. The van der Waals surface area contributed by atoms with Gasteiger partial charge in [-0.3, -0.25) is 4.90 Å². The molecule has 0 aliphatic carbocycles. The molecule has 1 heterocycles. The molecule has 0 saturated carbocycles. The zero-order valence-electron chi connectivity index (χ0n) is 10.5. The van der Waals surface area contributed by atoms with Crippen LogP contribution in [0.3, 0.4) is 0 Å². The molecule has 0 aromatic heterocycles. The molecule has 4 heteroatoms. The molecule has 2 rings (SSSR count). The van der Waals surface area contributed by atoms with E-state index in [-0.39, 0.29) is 16.2 Å². The van der Waals surface area contributed by atoms with Gasteiger partial charge < -0.3 is 0 Å². The Balaban J connectivity index is 1.89. The predicted molar refractivity (Wildman–Crippen MR) is 74.7 cm³/mol. The summed E-state index contributed by atoms with van der Waals surface area (Å²) in [7, 11) is 0. The average molecular weight is 290 g/mol. The molecular weight excluding hydrogens is 272 g/mol. The lowest BCUT2D eigenvalue weighted by molar-refractivity contribution is 0.176. The van der Waals surface area contributed by atoms with Crippen molar-refractivity contribution in [3.05, 3.63) is 34.6 Å². The number of nitrogens with zero attached hydrogens (tertiary/aromatic N) is 1. The largest absolute Gasteiger partial charge is 0.299 e. The molecule has 1 atom stereocenters. The van der Waals surface area contributed by atoms with Crippen molar-refractivity contribution < 1.29 is 4.39 Å². The normalized spacial score (nSPS) is 20.0. The van der Waals surface area contributed by atoms with Crippen LogP contribution in [0.1, 0.15) is 25.3 Å². The predicted octanol–water partition coefficient (Wildman–Crippen LogP) is 4.32. The Morgan fingerprint density at radius 1 is 1.39 bits per heavy atom. The Bertz CT molecular complexity index is 401. The van der Waals surface area contributed by atoms with Gasteiger partial charge in [0.05, 0.1) is 5.02 Å². The van der Waals surface area contributed by atoms with Gasteiger partial charge in [-0.15, -0.1) is 11.6 Å². The van der Waals surface area contributed by atoms with E-state index in [4.69, 9.17) is 23.2 Å². The Hall–Kier alpha value is -0.310. The van der Waals surface area contributed by atoms with Crippen LogP contribution < -0.4 is 0 Å². The Labute approximate surface area is 118 Å². The minimum Gasteiger partial charge on any atom is -0.299 e. The number of benzene rings is 1. The molecule has 18 heavy (non-hydrogen) atoms. The molecule has 1 saturated heterocycles. The zero-order valence-corrected chi connectivity index (χ0v) is 12.0. The van der Waals surface area contributed by atoms with Gasteiger partial charge >= 0.3 is 0 Å². The molecule has 1 aromatic rings. The third kappa shape index (κ3) is 3.59. The second kappa shape index (κ2) is 6.23. The molecule has 1 unspecified atom stereocenters. The molecular formula is C14H18Cl2FN. The highest BCUT2D eigenvalue weighted by Gasteiger charge is 2.22. The van der Waals surface area contributed by atoms with E-state index < -0.39 is 0 Å². The number of likely N-dealkylation sites (tertiary alicyclic amines) is 1. The van der Waals surface area contributed by atoms with Crippen molar-refractivity contribution in [1.29, 1.82) is 0 Å². The first-order valence-corrected chi connectivity index (χ1v) is 7.18. The monoisotopic (exact) mass is 289 g/mol. The van der Waals surface area contributed by atoms with Crippen LogP contribution in [0.2, 0.25) is 5.02 Å². The fourth-order valence-electron chi connectivity index (χ4n) is 2.47. The van der Waals surface area contributed by atoms with E-state index in [9.17, 15) is 4.39 Å². The molecule has 0 spiro atoms. The summed E-state index contributed by atoms with van der Waals surface area (Å²) in [4.78, 5) is 2.35. The summed E-state index contributed by atoms with van der Waals surface area (Å²) >= 11 is 11.8. The molecule has 0 radical (unpaired) electrons. The second-order valence-electron chi connectivity index (χ2n) is 5.04. The van der Waals surface area contributed by atoms with Gasteiger partial charge in [0, 0.05) is 11.9 Å². The zero-order chi connectivity index (χ0) is 13.1. The molecule has 0 N–H and O–H groups in total. The summed E-state index contributed by atoms with van der Waals surface area (Å²) in [6, 6.07) is 5.04. The maximum atomic E-state index is 13.3. The summed E-state index contributed by atoms with van der Waals surface area (Å²) < 4.78 is 13.3. The Kier molecular flexibility index (Phi) is 4.88. The lowest BCUT2D eigenvalue weighted by atomic mass is 9.94. The number of rotatable bonds is 3. The van der Waals surface area contributed by atoms with Gasteiger partial charge in [-0.25, -0.2) is 4.39 Å². The molecule has 1 nitrogen and oxygen atoms in total. The SMILES string of the molecule is CC(Cl)C1CCN(Cc2ccc(Cl)c(F)c2)CC1. The minimum absolute atomic E-state index is 0.188. The molecule has 1 fully saturated rings. The maximum Gasteiger partial charge on any atom is 0.142 e. The summed E-state index contributed by atoms with van der Waals surface area (Å²) in [5.74, 6) is 0.281. The maximum absolute atomic E-state index is 13.3. The quantitative estimate of drug-likeness (QED) is 0.749. The first-order chi connectivity index (χ1) is 8.56. The highest BCUT2D eigenvalue weighted by molar-refractivity contribution is 6.30. The van der Waals surface area contributed by atoms with Crippen molar-refractivity contribution in [2.24, 2.45) is 5.92 Å². The number of piperidine rings is 1. The van der Waals surface area contributed by atoms with Gasteiger partial charge in [-0.2, -0.15) is 0 Å². The van der Waals surface area contributed by atoms with Gasteiger partial charge in [-0.1, -0.05) is 17.7 Å². The minimum atomic E-state index is -0.335. The van der Waals surface area contributed by atoms with Gasteiger partial charge in [-0.05, 0) is 56.5 Å². The average Bonchev–Trinajstić information content (AvgIpc) is 2.34. The second-order valence-corrected chi connectivity index (χ2v) is 6.14. The molecule has 100 valence electrons. The van der Waals surface area contributed by atoms with Gasteiger partial charge in [0.15, 0.2) is 0 Å². The van der Waals surface area contributed by atoms with Crippen LogP contribution in [0, 0.1) is 11.7 Å². The van der Waals surface area contributed by atoms with Crippen LogP contribution in [0.4, 0.5) is 4.39 Å². The van der Waals surface area contributed by atoms with E-state index in [1.807, 2.05) is 6.07 Å². The van der Waals surface area contributed by atoms with Crippen LogP contribution in [-0.2, 0) is 6.54 Å². The Morgan fingerprint density at radius 2 is 2.06 bits per heavy atom. The third-order valence-electron chi connectivity index (χ3n) is 3.67. The van der Waals surface area contributed by atoms with Crippen molar-refractivity contribution in [2.75, 3.05) is 13.1 Å². The van der Waals surface area contributed by atoms with E-state index in [2.05, 4.69) is 11.8 Å². The van der Waals surface area contributed by atoms with E-state index in [0.717, 1.165) is 38.0 Å². The van der Waals surface area contributed by atoms with Crippen LogP contribution in [0.25, 0.3) is 0 Å². The molecule has 1 aliphatic heterocycles. The van der Waals surface area contributed by atoms with Crippen molar-refractivity contribution in [2.45, 2.75) is 31.7 Å². The fourth-order valence-corrected chi connectivity index (χ4v) is 2.84. The highest BCUT2D eigenvalue weighted by atomic mass is 35.5. The summed E-state index contributed by atoms with van der Waals surface area (Å²) in [5.41, 5.74) is 0.981. The van der Waals surface area contributed by atoms with E-state index in [0.29, 0.717) is 5.92 Å². The van der Waals surface area contributed by atoms with Crippen molar-refractivity contribution in [1.82, 2.24) is 4.90 Å². The van der Waals surface area contributed by atoms with Crippen LogP contribution in [-0.4, -0.2) is 23.4 Å². The summed E-state index contributed by atoms with van der Waals surface area (Å²) in [6.45, 7) is 4.92. The van der Waals surface area contributed by atoms with Gasteiger partial charge in [0.1, 0.15) is 5.82 Å². The van der Waals surface area contributed by atoms with Crippen molar-refractivity contribution in [3.63, 3.8) is 0 Å². The fraction of sp³-hybridized carbons (Fsp3) is 0.571. The highest BCUT2D eigenvalue weighted by Crippen LogP contribution is 2.25. The summed E-state index contributed by atoms with van der Waals surface area (Å²) in [6.07, 6.45) is 2.25. The number of hydrogen-bond acceptors (Lipinski definition) is 1. The lowest BCUT2D eigenvalue weighted by Gasteiger charge is -2.33. The van der Waals surface area contributed by atoms with Gasteiger partial charge in [0.2, 0.25) is 0 Å². The van der Waals surface area contributed by atoms with Crippen molar-refractivity contribution >= 4 is 23.2 Å². The van der Waals surface area contributed by atoms with Crippen molar-refractivity contribution in [3.8, 4) is 0 Å². The van der Waals surface area contributed by atoms with Crippen LogP contribution in [0.5, 0.6) is 0 Å².